The largest absolute Gasteiger partial charge is 0.368 e. The fourth-order valence-electron chi connectivity index (χ4n) is 4.36. The van der Waals surface area contributed by atoms with Crippen molar-refractivity contribution in [3.8, 4) is 12.1 Å². The molecule has 132 valence electrons. The lowest BCUT2D eigenvalue weighted by Gasteiger charge is -2.34. The predicted molar refractivity (Wildman–Crippen MR) is 95.8 cm³/mol. The van der Waals surface area contributed by atoms with Crippen LogP contribution in [-0.2, 0) is 4.79 Å². The second-order valence-corrected chi connectivity index (χ2v) is 6.76. The molecule has 27 heavy (non-hydrogen) atoms. The van der Waals surface area contributed by atoms with Gasteiger partial charge >= 0.3 is 0 Å². The summed E-state index contributed by atoms with van der Waals surface area (Å²) in [6.07, 6.45) is 3.56. The standard InChI is InChI=1S/C21H15FN4O/c22-15-7-5-14(6-8-15)17-18(20(25)27)26-10-9-13-3-1-2-4-16(13)19(26)21(17,11-23)12-24/h1-10,17-19H,(H2,25,27). The van der Waals surface area contributed by atoms with E-state index in [1.165, 1.54) is 24.3 Å². The molecular formula is C21H15FN4O. The Hall–Kier alpha value is -3.64. The van der Waals surface area contributed by atoms with Crippen LogP contribution in [0.25, 0.3) is 6.08 Å². The van der Waals surface area contributed by atoms with Crippen LogP contribution in [0.1, 0.15) is 28.7 Å². The molecule has 2 aliphatic rings. The summed E-state index contributed by atoms with van der Waals surface area (Å²) in [5, 5.41) is 20.2. The molecule has 2 aromatic carbocycles. The lowest BCUT2D eigenvalue weighted by molar-refractivity contribution is -0.122. The minimum Gasteiger partial charge on any atom is -0.368 e. The van der Waals surface area contributed by atoms with Crippen LogP contribution >= 0.6 is 0 Å². The van der Waals surface area contributed by atoms with Gasteiger partial charge in [-0.05, 0) is 34.9 Å². The van der Waals surface area contributed by atoms with Crippen molar-refractivity contribution < 1.29 is 9.18 Å². The molecule has 1 amide bonds. The van der Waals surface area contributed by atoms with Gasteiger partial charge in [0.1, 0.15) is 11.9 Å². The molecule has 0 bridgehead atoms. The van der Waals surface area contributed by atoms with Crippen LogP contribution in [0.4, 0.5) is 4.39 Å². The molecule has 0 radical (unpaired) electrons. The number of amides is 1. The average molecular weight is 358 g/mol. The van der Waals surface area contributed by atoms with Gasteiger partial charge in [0.15, 0.2) is 5.41 Å². The van der Waals surface area contributed by atoms with Gasteiger partial charge in [0.05, 0.1) is 18.2 Å². The van der Waals surface area contributed by atoms with E-state index in [2.05, 4.69) is 12.1 Å². The second-order valence-electron chi connectivity index (χ2n) is 6.76. The second kappa shape index (κ2) is 5.96. The molecule has 0 saturated carbocycles. The Morgan fingerprint density at radius 3 is 2.41 bits per heavy atom. The van der Waals surface area contributed by atoms with Gasteiger partial charge in [-0.1, -0.05) is 36.4 Å². The first-order valence-electron chi connectivity index (χ1n) is 8.45. The van der Waals surface area contributed by atoms with Crippen molar-refractivity contribution in [1.29, 1.82) is 10.5 Å². The number of halogens is 1. The zero-order chi connectivity index (χ0) is 19.2. The van der Waals surface area contributed by atoms with Crippen LogP contribution in [0.15, 0.2) is 54.7 Å². The third kappa shape index (κ3) is 2.24. The molecule has 2 heterocycles. The summed E-state index contributed by atoms with van der Waals surface area (Å²) in [5.74, 6) is -1.88. The highest BCUT2D eigenvalue weighted by Gasteiger charge is 2.63. The zero-order valence-corrected chi connectivity index (χ0v) is 14.2. The molecule has 0 spiro atoms. The fourth-order valence-corrected chi connectivity index (χ4v) is 4.36. The van der Waals surface area contributed by atoms with Gasteiger partial charge in [-0.2, -0.15) is 10.5 Å². The lowest BCUT2D eigenvalue weighted by Crippen LogP contribution is -2.41. The van der Waals surface area contributed by atoms with Gasteiger partial charge in [0.25, 0.3) is 0 Å². The van der Waals surface area contributed by atoms with E-state index in [0.717, 1.165) is 11.1 Å². The molecule has 1 fully saturated rings. The van der Waals surface area contributed by atoms with E-state index in [-0.39, 0.29) is 0 Å². The Kier molecular flexibility index (Phi) is 3.71. The maximum Gasteiger partial charge on any atom is 0.240 e. The van der Waals surface area contributed by atoms with E-state index in [4.69, 9.17) is 5.73 Å². The number of hydrogen-bond donors (Lipinski definition) is 1. The predicted octanol–water partition coefficient (Wildman–Crippen LogP) is 2.84. The zero-order valence-electron chi connectivity index (χ0n) is 14.2. The first-order chi connectivity index (χ1) is 13.0. The summed E-state index contributed by atoms with van der Waals surface area (Å²) in [7, 11) is 0. The molecule has 1 saturated heterocycles. The quantitative estimate of drug-likeness (QED) is 0.893. The van der Waals surface area contributed by atoms with Gasteiger partial charge < -0.3 is 10.6 Å². The minimum atomic E-state index is -1.56. The molecule has 6 heteroatoms. The monoisotopic (exact) mass is 358 g/mol. The molecule has 2 N–H and O–H groups in total. The van der Waals surface area contributed by atoms with E-state index in [1.807, 2.05) is 30.3 Å². The van der Waals surface area contributed by atoms with E-state index < -0.39 is 35.1 Å². The van der Waals surface area contributed by atoms with Crippen molar-refractivity contribution in [3.05, 3.63) is 77.2 Å². The number of carbonyl (C=O) groups excluding carboxylic acids is 1. The number of primary amides is 1. The van der Waals surface area contributed by atoms with Crippen molar-refractivity contribution in [1.82, 2.24) is 4.90 Å². The summed E-state index contributed by atoms with van der Waals surface area (Å²) >= 11 is 0. The number of benzene rings is 2. The minimum absolute atomic E-state index is 0.435. The molecule has 3 atom stereocenters. The maximum atomic E-state index is 13.4. The number of fused-ring (bicyclic) bond motifs is 3. The third-order valence-electron chi connectivity index (χ3n) is 5.46. The van der Waals surface area contributed by atoms with E-state index in [0.29, 0.717) is 5.56 Å². The van der Waals surface area contributed by atoms with E-state index in [9.17, 15) is 19.7 Å². The number of carbonyl (C=O) groups is 1. The SMILES string of the molecule is N#CC1(C#N)C(c2ccc(F)cc2)C(C(N)=O)N2C=Cc3ccccc3C21. The molecule has 0 aromatic heterocycles. The van der Waals surface area contributed by atoms with E-state index >= 15 is 0 Å². The number of nitrogens with zero attached hydrogens (tertiary/aromatic N) is 3. The van der Waals surface area contributed by atoms with Gasteiger partial charge in [-0.3, -0.25) is 4.79 Å². The number of hydrogen-bond acceptors (Lipinski definition) is 4. The first-order valence-corrected chi connectivity index (χ1v) is 8.45. The van der Waals surface area contributed by atoms with Crippen LogP contribution in [0, 0.1) is 33.9 Å². The van der Waals surface area contributed by atoms with E-state index in [1.54, 1.807) is 11.1 Å². The molecule has 5 nitrogen and oxygen atoms in total. The summed E-state index contributed by atoms with van der Waals surface area (Å²) in [5.41, 5.74) is 6.36. The Labute approximate surface area is 155 Å². The number of nitrogens with two attached hydrogens (primary N) is 1. The highest BCUT2D eigenvalue weighted by atomic mass is 19.1. The molecular weight excluding hydrogens is 343 g/mol. The number of nitriles is 2. The smallest absolute Gasteiger partial charge is 0.240 e. The Morgan fingerprint density at radius 1 is 1.11 bits per heavy atom. The van der Waals surface area contributed by atoms with Gasteiger partial charge in [-0.15, -0.1) is 0 Å². The number of rotatable bonds is 2. The highest BCUT2D eigenvalue weighted by molar-refractivity contribution is 5.83. The normalized spacial score (nSPS) is 24.4. The molecule has 0 aliphatic carbocycles. The van der Waals surface area contributed by atoms with Crippen LogP contribution in [0.2, 0.25) is 0 Å². The molecule has 2 aliphatic heterocycles. The summed E-state index contributed by atoms with van der Waals surface area (Å²) in [6.45, 7) is 0. The fraction of sp³-hybridized carbons (Fsp3) is 0.190. The van der Waals surface area contributed by atoms with Crippen LogP contribution in [-0.4, -0.2) is 16.8 Å². The van der Waals surface area contributed by atoms with Gasteiger partial charge in [0, 0.05) is 12.1 Å². The maximum absolute atomic E-state index is 13.4. The van der Waals surface area contributed by atoms with Crippen molar-refractivity contribution in [2.75, 3.05) is 0 Å². The Balaban J connectivity index is 2.00. The van der Waals surface area contributed by atoms with Crippen molar-refractivity contribution in [2.24, 2.45) is 11.1 Å². The van der Waals surface area contributed by atoms with Crippen molar-refractivity contribution >= 4 is 12.0 Å². The first kappa shape index (κ1) is 16.8. The third-order valence-corrected chi connectivity index (χ3v) is 5.46. The van der Waals surface area contributed by atoms with Crippen molar-refractivity contribution in [2.45, 2.75) is 18.0 Å². The summed E-state index contributed by atoms with van der Waals surface area (Å²) in [4.78, 5) is 14.1. The Bertz CT molecular complexity index is 1020. The lowest BCUT2D eigenvalue weighted by atomic mass is 9.68. The molecule has 4 rings (SSSR count). The van der Waals surface area contributed by atoms with Crippen LogP contribution < -0.4 is 5.73 Å². The highest BCUT2D eigenvalue weighted by Crippen LogP contribution is 2.59. The van der Waals surface area contributed by atoms with Crippen LogP contribution in [0.5, 0.6) is 0 Å². The van der Waals surface area contributed by atoms with Crippen LogP contribution in [0.3, 0.4) is 0 Å². The average Bonchev–Trinajstić information content (AvgIpc) is 3.00. The summed E-state index contributed by atoms with van der Waals surface area (Å²) < 4.78 is 13.4. The Morgan fingerprint density at radius 2 is 1.78 bits per heavy atom. The topological polar surface area (TPSA) is 93.9 Å². The van der Waals surface area contributed by atoms with Crippen molar-refractivity contribution in [3.63, 3.8) is 0 Å². The van der Waals surface area contributed by atoms with Gasteiger partial charge in [-0.25, -0.2) is 4.39 Å². The summed E-state index contributed by atoms with van der Waals surface area (Å²) in [6, 6.07) is 15.8. The molecule has 3 unspecified atom stereocenters. The molecule has 2 aromatic rings. The van der Waals surface area contributed by atoms with Gasteiger partial charge in [0.2, 0.25) is 5.91 Å².